The Labute approximate surface area is 107 Å². The van der Waals surface area contributed by atoms with E-state index in [1.54, 1.807) is 0 Å². The first-order valence-electron chi connectivity index (χ1n) is 7.15. The van der Waals surface area contributed by atoms with Gasteiger partial charge in [-0.1, -0.05) is 50.5 Å². The van der Waals surface area contributed by atoms with Gasteiger partial charge in [0.05, 0.1) is 0 Å². The number of allylic oxidation sites excluding steroid dienone is 4. The van der Waals surface area contributed by atoms with Gasteiger partial charge in [-0.3, -0.25) is 0 Å². The number of aldehydes is 1. The summed E-state index contributed by atoms with van der Waals surface area (Å²) in [4.78, 5) is 10.1. The topological polar surface area (TPSA) is 17.1 Å². The average molecular weight is 236 g/mol. The zero-order valence-electron chi connectivity index (χ0n) is 11.4. The summed E-state index contributed by atoms with van der Waals surface area (Å²) in [6, 6.07) is 0. The highest BCUT2D eigenvalue weighted by Crippen LogP contribution is 2.04. The van der Waals surface area contributed by atoms with Gasteiger partial charge >= 0.3 is 0 Å². The first-order valence-corrected chi connectivity index (χ1v) is 7.15. The summed E-state index contributed by atoms with van der Waals surface area (Å²) in [6.07, 6.45) is 21.7. The average Bonchev–Trinajstić information content (AvgIpc) is 2.35. The molecular formula is C16H28O. The first-order chi connectivity index (χ1) is 8.41. The van der Waals surface area contributed by atoms with E-state index in [0.29, 0.717) is 0 Å². The predicted octanol–water partition coefficient (Wildman–Crippen LogP) is 5.22. The zero-order chi connectivity index (χ0) is 12.6. The number of carbonyl (C=O) groups excluding carboxylic acids is 1. The lowest BCUT2D eigenvalue weighted by molar-refractivity contribution is -0.107. The standard InChI is InChI=1S/C16H28O/c1-2-3-4-5-6-7-8-9-10-11-12-13-14-15-16-17/h5-6,9-10,16H,2-4,7-8,11-15H2,1H3/b6-5+,10-9+. The van der Waals surface area contributed by atoms with Crippen molar-refractivity contribution in [2.24, 2.45) is 0 Å². The summed E-state index contributed by atoms with van der Waals surface area (Å²) in [7, 11) is 0. The third-order valence-electron chi connectivity index (χ3n) is 2.75. The molecule has 0 radical (unpaired) electrons. The minimum absolute atomic E-state index is 0.728. The molecule has 0 aliphatic heterocycles. The highest BCUT2D eigenvalue weighted by atomic mass is 16.1. The summed E-state index contributed by atoms with van der Waals surface area (Å²) in [6.45, 7) is 2.23. The van der Waals surface area contributed by atoms with Gasteiger partial charge in [-0.2, -0.15) is 0 Å². The summed E-state index contributed by atoms with van der Waals surface area (Å²) < 4.78 is 0. The van der Waals surface area contributed by atoms with E-state index in [2.05, 4.69) is 31.2 Å². The van der Waals surface area contributed by atoms with E-state index in [1.165, 1.54) is 44.9 Å². The Morgan fingerprint density at radius 2 is 1.18 bits per heavy atom. The van der Waals surface area contributed by atoms with Crippen molar-refractivity contribution in [3.8, 4) is 0 Å². The molecule has 0 aliphatic rings. The molecule has 0 unspecified atom stereocenters. The second-order valence-electron chi connectivity index (χ2n) is 4.47. The van der Waals surface area contributed by atoms with Gasteiger partial charge in [0.15, 0.2) is 0 Å². The molecule has 0 amide bonds. The van der Waals surface area contributed by atoms with Crippen molar-refractivity contribution in [2.45, 2.75) is 71.1 Å². The molecule has 0 aromatic carbocycles. The zero-order valence-corrected chi connectivity index (χ0v) is 11.4. The maximum atomic E-state index is 10.1. The van der Waals surface area contributed by atoms with E-state index in [9.17, 15) is 4.79 Å². The lowest BCUT2D eigenvalue weighted by Crippen LogP contribution is -1.77. The molecule has 0 heterocycles. The molecule has 0 aromatic rings. The van der Waals surface area contributed by atoms with Crippen molar-refractivity contribution in [2.75, 3.05) is 0 Å². The summed E-state index contributed by atoms with van der Waals surface area (Å²) >= 11 is 0. The van der Waals surface area contributed by atoms with Crippen LogP contribution < -0.4 is 0 Å². The highest BCUT2D eigenvalue weighted by Gasteiger charge is 1.86. The summed E-state index contributed by atoms with van der Waals surface area (Å²) in [5.41, 5.74) is 0. The minimum Gasteiger partial charge on any atom is -0.303 e. The fourth-order valence-electron chi connectivity index (χ4n) is 1.65. The van der Waals surface area contributed by atoms with Crippen molar-refractivity contribution < 1.29 is 4.79 Å². The van der Waals surface area contributed by atoms with Gasteiger partial charge in [0.25, 0.3) is 0 Å². The molecule has 0 aliphatic carbocycles. The third-order valence-corrected chi connectivity index (χ3v) is 2.75. The van der Waals surface area contributed by atoms with Gasteiger partial charge in [0.2, 0.25) is 0 Å². The third kappa shape index (κ3) is 15.1. The molecule has 0 fully saturated rings. The Balaban J connectivity index is 3.14. The van der Waals surface area contributed by atoms with Crippen LogP contribution in [0.1, 0.15) is 71.1 Å². The smallest absolute Gasteiger partial charge is 0.119 e. The Kier molecular flexibility index (Phi) is 14.4. The van der Waals surface area contributed by atoms with Crippen molar-refractivity contribution in [3.05, 3.63) is 24.3 Å². The predicted molar refractivity (Wildman–Crippen MR) is 76.2 cm³/mol. The Morgan fingerprint density at radius 3 is 1.76 bits per heavy atom. The van der Waals surface area contributed by atoms with Crippen molar-refractivity contribution in [1.82, 2.24) is 0 Å². The second-order valence-corrected chi connectivity index (χ2v) is 4.47. The van der Waals surface area contributed by atoms with Crippen LogP contribution in [0.4, 0.5) is 0 Å². The van der Waals surface area contributed by atoms with Gasteiger partial charge in [-0.05, 0) is 38.5 Å². The molecule has 0 atom stereocenters. The molecule has 98 valence electrons. The van der Waals surface area contributed by atoms with E-state index in [4.69, 9.17) is 0 Å². The molecular weight excluding hydrogens is 208 g/mol. The van der Waals surface area contributed by atoms with Crippen LogP contribution in [0, 0.1) is 0 Å². The summed E-state index contributed by atoms with van der Waals surface area (Å²) in [5, 5.41) is 0. The maximum Gasteiger partial charge on any atom is 0.119 e. The van der Waals surface area contributed by atoms with Gasteiger partial charge in [0.1, 0.15) is 6.29 Å². The largest absolute Gasteiger partial charge is 0.303 e. The van der Waals surface area contributed by atoms with Crippen LogP contribution >= 0.6 is 0 Å². The molecule has 0 bridgehead atoms. The highest BCUT2D eigenvalue weighted by molar-refractivity contribution is 5.48. The second kappa shape index (κ2) is 15.1. The molecule has 1 heteroatoms. The van der Waals surface area contributed by atoms with Crippen LogP contribution in [0.15, 0.2) is 24.3 Å². The van der Waals surface area contributed by atoms with E-state index in [0.717, 1.165) is 25.5 Å². The Morgan fingerprint density at radius 1 is 0.647 bits per heavy atom. The molecule has 0 aromatic heterocycles. The molecule has 0 rings (SSSR count). The number of carbonyl (C=O) groups is 1. The van der Waals surface area contributed by atoms with Crippen molar-refractivity contribution >= 4 is 6.29 Å². The van der Waals surface area contributed by atoms with Crippen LogP contribution in [0.2, 0.25) is 0 Å². The number of rotatable bonds is 12. The SMILES string of the molecule is CCCC/C=C/CC/C=C/CCCCCC=O. The monoisotopic (exact) mass is 236 g/mol. The first kappa shape index (κ1) is 16.1. The molecule has 17 heavy (non-hydrogen) atoms. The minimum atomic E-state index is 0.728. The van der Waals surface area contributed by atoms with Crippen molar-refractivity contribution in [3.63, 3.8) is 0 Å². The molecule has 0 N–H and O–H groups in total. The van der Waals surface area contributed by atoms with Gasteiger partial charge in [-0.15, -0.1) is 0 Å². The normalized spacial score (nSPS) is 11.6. The molecule has 0 saturated heterocycles. The lowest BCUT2D eigenvalue weighted by Gasteiger charge is -1.93. The lowest BCUT2D eigenvalue weighted by atomic mass is 10.1. The number of unbranched alkanes of at least 4 members (excludes halogenated alkanes) is 7. The summed E-state index contributed by atoms with van der Waals surface area (Å²) in [5.74, 6) is 0. The van der Waals surface area contributed by atoms with Gasteiger partial charge in [-0.25, -0.2) is 0 Å². The van der Waals surface area contributed by atoms with Gasteiger partial charge in [0, 0.05) is 6.42 Å². The quantitative estimate of drug-likeness (QED) is 0.258. The number of hydrogen-bond acceptors (Lipinski definition) is 1. The van der Waals surface area contributed by atoms with E-state index in [-0.39, 0.29) is 0 Å². The maximum absolute atomic E-state index is 10.1. The van der Waals surface area contributed by atoms with E-state index < -0.39 is 0 Å². The van der Waals surface area contributed by atoms with Crippen LogP contribution in [-0.4, -0.2) is 6.29 Å². The van der Waals surface area contributed by atoms with E-state index in [1.807, 2.05) is 0 Å². The number of hydrogen-bond donors (Lipinski definition) is 0. The molecule has 0 saturated carbocycles. The molecule has 0 spiro atoms. The fourth-order valence-corrected chi connectivity index (χ4v) is 1.65. The Bertz CT molecular complexity index is 204. The van der Waals surface area contributed by atoms with Crippen LogP contribution in [-0.2, 0) is 4.79 Å². The van der Waals surface area contributed by atoms with Crippen LogP contribution in [0.25, 0.3) is 0 Å². The fraction of sp³-hybridized carbons (Fsp3) is 0.688. The van der Waals surface area contributed by atoms with Crippen LogP contribution in [0.3, 0.4) is 0 Å². The molecule has 1 nitrogen and oxygen atoms in total. The van der Waals surface area contributed by atoms with Crippen molar-refractivity contribution in [1.29, 1.82) is 0 Å². The van der Waals surface area contributed by atoms with Gasteiger partial charge < -0.3 is 4.79 Å². The van der Waals surface area contributed by atoms with Crippen LogP contribution in [0.5, 0.6) is 0 Å². The van der Waals surface area contributed by atoms with E-state index >= 15 is 0 Å². The Hall–Kier alpha value is -0.850.